The van der Waals surface area contributed by atoms with Gasteiger partial charge in [-0.2, -0.15) is 0 Å². The van der Waals surface area contributed by atoms with Crippen molar-refractivity contribution in [1.82, 2.24) is 0 Å². The molecule has 2 rings (SSSR count). The third-order valence-corrected chi connectivity index (χ3v) is 4.30. The zero-order valence-electron chi connectivity index (χ0n) is 11.7. The van der Waals surface area contributed by atoms with Gasteiger partial charge in [-0.25, -0.2) is 4.79 Å². The van der Waals surface area contributed by atoms with Crippen LogP contribution in [0.15, 0.2) is 18.2 Å². The molecule has 0 saturated heterocycles. The van der Waals surface area contributed by atoms with Crippen LogP contribution in [0.3, 0.4) is 0 Å². The van der Waals surface area contributed by atoms with Gasteiger partial charge in [-0.1, -0.05) is 30.9 Å². The monoisotopic (exact) mass is 310 g/mol. The SMILES string of the molecule is NCC1(C(=O)Nc2cc(Cl)cc(C(=O)O)c2)CCCCC1. The van der Waals surface area contributed by atoms with Gasteiger partial charge in [0.05, 0.1) is 11.0 Å². The fourth-order valence-corrected chi connectivity index (χ4v) is 3.04. The number of benzene rings is 1. The molecule has 0 bridgehead atoms. The Balaban J connectivity index is 2.20. The molecule has 1 aliphatic rings. The van der Waals surface area contributed by atoms with Crippen LogP contribution < -0.4 is 11.1 Å². The molecule has 0 aliphatic heterocycles. The molecular weight excluding hydrogens is 292 g/mol. The first-order chi connectivity index (χ1) is 9.97. The molecule has 0 unspecified atom stereocenters. The maximum atomic E-state index is 12.5. The number of carboxylic acid groups (broad SMARTS) is 1. The van der Waals surface area contributed by atoms with E-state index in [0.717, 1.165) is 32.1 Å². The van der Waals surface area contributed by atoms with Crippen molar-refractivity contribution >= 4 is 29.2 Å². The third kappa shape index (κ3) is 3.54. The molecule has 1 saturated carbocycles. The van der Waals surface area contributed by atoms with Gasteiger partial charge in [0.1, 0.15) is 0 Å². The zero-order valence-corrected chi connectivity index (χ0v) is 12.4. The van der Waals surface area contributed by atoms with Gasteiger partial charge >= 0.3 is 5.97 Å². The van der Waals surface area contributed by atoms with E-state index >= 15 is 0 Å². The van der Waals surface area contributed by atoms with Crippen molar-refractivity contribution < 1.29 is 14.7 Å². The summed E-state index contributed by atoms with van der Waals surface area (Å²) in [6, 6.07) is 4.29. The first-order valence-corrected chi connectivity index (χ1v) is 7.40. The number of aromatic carboxylic acids is 1. The minimum Gasteiger partial charge on any atom is -0.478 e. The summed E-state index contributed by atoms with van der Waals surface area (Å²) in [6.07, 6.45) is 4.62. The Morgan fingerprint density at radius 2 is 1.90 bits per heavy atom. The van der Waals surface area contributed by atoms with Gasteiger partial charge in [-0.15, -0.1) is 0 Å². The summed E-state index contributed by atoms with van der Waals surface area (Å²) in [5.74, 6) is -1.23. The van der Waals surface area contributed by atoms with E-state index in [0.29, 0.717) is 12.2 Å². The Hall–Kier alpha value is -1.59. The molecule has 0 heterocycles. The Morgan fingerprint density at radius 3 is 2.48 bits per heavy atom. The number of anilines is 1. The zero-order chi connectivity index (χ0) is 15.5. The molecule has 1 aromatic carbocycles. The first-order valence-electron chi connectivity index (χ1n) is 7.02. The van der Waals surface area contributed by atoms with Crippen LogP contribution in [0.1, 0.15) is 42.5 Å². The number of hydrogen-bond acceptors (Lipinski definition) is 3. The number of nitrogens with two attached hydrogens (primary N) is 1. The maximum Gasteiger partial charge on any atom is 0.335 e. The second-order valence-electron chi connectivity index (χ2n) is 5.53. The van der Waals surface area contributed by atoms with Crippen molar-refractivity contribution in [3.63, 3.8) is 0 Å². The summed E-state index contributed by atoms with van der Waals surface area (Å²) in [6.45, 7) is 0.297. The molecule has 5 nitrogen and oxygen atoms in total. The molecule has 114 valence electrons. The average Bonchev–Trinajstić information content (AvgIpc) is 2.47. The van der Waals surface area contributed by atoms with Crippen molar-refractivity contribution in [2.24, 2.45) is 11.1 Å². The van der Waals surface area contributed by atoms with Gasteiger partial charge in [0, 0.05) is 17.3 Å². The Morgan fingerprint density at radius 1 is 1.24 bits per heavy atom. The number of carbonyl (C=O) groups excluding carboxylic acids is 1. The summed E-state index contributed by atoms with van der Waals surface area (Å²) in [5.41, 5.74) is 5.70. The molecule has 0 radical (unpaired) electrons. The van der Waals surface area contributed by atoms with E-state index in [9.17, 15) is 9.59 Å². The number of carboxylic acids is 1. The second-order valence-corrected chi connectivity index (χ2v) is 5.97. The highest BCUT2D eigenvalue weighted by atomic mass is 35.5. The van der Waals surface area contributed by atoms with E-state index in [1.54, 1.807) is 6.07 Å². The van der Waals surface area contributed by atoms with Gasteiger partial charge in [0.25, 0.3) is 0 Å². The smallest absolute Gasteiger partial charge is 0.335 e. The van der Waals surface area contributed by atoms with E-state index in [1.807, 2.05) is 0 Å². The van der Waals surface area contributed by atoms with E-state index in [-0.39, 0.29) is 16.5 Å². The van der Waals surface area contributed by atoms with Crippen LogP contribution in [0.2, 0.25) is 5.02 Å². The number of hydrogen-bond donors (Lipinski definition) is 3. The van der Waals surface area contributed by atoms with E-state index in [1.165, 1.54) is 12.1 Å². The van der Waals surface area contributed by atoms with Crippen LogP contribution in [-0.4, -0.2) is 23.5 Å². The molecule has 1 aliphatic carbocycles. The number of carbonyl (C=O) groups is 2. The molecular formula is C15H19ClN2O3. The van der Waals surface area contributed by atoms with Crippen molar-refractivity contribution in [3.05, 3.63) is 28.8 Å². The van der Waals surface area contributed by atoms with E-state index in [4.69, 9.17) is 22.4 Å². The summed E-state index contributed by atoms with van der Waals surface area (Å²) in [5, 5.41) is 12.1. The lowest BCUT2D eigenvalue weighted by Gasteiger charge is -2.34. The highest BCUT2D eigenvalue weighted by molar-refractivity contribution is 6.31. The fraction of sp³-hybridized carbons (Fsp3) is 0.467. The standard InChI is InChI=1S/C15H19ClN2O3/c16-11-6-10(13(19)20)7-12(8-11)18-14(21)15(9-17)4-2-1-3-5-15/h6-8H,1-5,9,17H2,(H,18,21)(H,19,20). The fourth-order valence-electron chi connectivity index (χ4n) is 2.80. The topological polar surface area (TPSA) is 92.4 Å². The van der Waals surface area contributed by atoms with Crippen LogP contribution in [0.4, 0.5) is 5.69 Å². The lowest BCUT2D eigenvalue weighted by molar-refractivity contribution is -0.126. The van der Waals surface area contributed by atoms with Crippen molar-refractivity contribution in [2.75, 3.05) is 11.9 Å². The highest BCUT2D eigenvalue weighted by Crippen LogP contribution is 2.36. The minimum atomic E-state index is -1.08. The highest BCUT2D eigenvalue weighted by Gasteiger charge is 2.38. The maximum absolute atomic E-state index is 12.5. The van der Waals surface area contributed by atoms with Crippen LogP contribution in [0, 0.1) is 5.41 Å². The van der Waals surface area contributed by atoms with Crippen molar-refractivity contribution in [3.8, 4) is 0 Å². The molecule has 21 heavy (non-hydrogen) atoms. The second kappa shape index (κ2) is 6.45. The molecule has 1 aromatic rings. The number of nitrogens with one attached hydrogen (secondary N) is 1. The van der Waals surface area contributed by atoms with Gasteiger partial charge in [-0.05, 0) is 31.0 Å². The van der Waals surface area contributed by atoms with Crippen LogP contribution in [0.25, 0.3) is 0 Å². The quantitative estimate of drug-likeness (QED) is 0.797. The van der Waals surface area contributed by atoms with Gasteiger partial charge in [0.2, 0.25) is 5.91 Å². The molecule has 6 heteroatoms. The predicted molar refractivity (Wildman–Crippen MR) is 81.6 cm³/mol. The lowest BCUT2D eigenvalue weighted by Crippen LogP contribution is -2.43. The van der Waals surface area contributed by atoms with Crippen LogP contribution >= 0.6 is 11.6 Å². The molecule has 0 aromatic heterocycles. The normalized spacial score (nSPS) is 17.2. The lowest BCUT2D eigenvalue weighted by atomic mass is 9.73. The predicted octanol–water partition coefficient (Wildman–Crippen LogP) is 2.89. The summed E-state index contributed by atoms with van der Waals surface area (Å²) >= 11 is 5.89. The van der Waals surface area contributed by atoms with Crippen molar-refractivity contribution in [2.45, 2.75) is 32.1 Å². The van der Waals surface area contributed by atoms with Crippen molar-refractivity contribution in [1.29, 1.82) is 0 Å². The van der Waals surface area contributed by atoms with Gasteiger partial charge < -0.3 is 16.2 Å². The Labute approximate surface area is 128 Å². The van der Waals surface area contributed by atoms with Gasteiger partial charge in [-0.3, -0.25) is 4.79 Å². The third-order valence-electron chi connectivity index (χ3n) is 4.09. The van der Waals surface area contributed by atoms with E-state index in [2.05, 4.69) is 5.32 Å². The number of halogens is 1. The largest absolute Gasteiger partial charge is 0.478 e. The molecule has 1 fully saturated rings. The molecule has 1 amide bonds. The minimum absolute atomic E-state index is 0.0447. The molecule has 0 atom stereocenters. The summed E-state index contributed by atoms with van der Waals surface area (Å²) < 4.78 is 0. The molecule has 0 spiro atoms. The Bertz CT molecular complexity index is 554. The average molecular weight is 311 g/mol. The summed E-state index contributed by atoms with van der Waals surface area (Å²) in [7, 11) is 0. The summed E-state index contributed by atoms with van der Waals surface area (Å²) in [4.78, 5) is 23.6. The Kier molecular flexibility index (Phi) is 4.85. The van der Waals surface area contributed by atoms with Crippen LogP contribution in [0.5, 0.6) is 0 Å². The molecule has 4 N–H and O–H groups in total. The number of amides is 1. The first kappa shape index (κ1) is 15.8. The van der Waals surface area contributed by atoms with E-state index < -0.39 is 11.4 Å². The number of rotatable bonds is 4. The van der Waals surface area contributed by atoms with Crippen LogP contribution in [-0.2, 0) is 4.79 Å². The van der Waals surface area contributed by atoms with Gasteiger partial charge in [0.15, 0.2) is 0 Å².